The van der Waals surface area contributed by atoms with Gasteiger partial charge in [0.2, 0.25) is 0 Å². The third-order valence-corrected chi connectivity index (χ3v) is 4.55. The topological polar surface area (TPSA) is 111 Å². The first-order valence-corrected chi connectivity index (χ1v) is 9.22. The van der Waals surface area contributed by atoms with Crippen molar-refractivity contribution in [2.45, 2.75) is 12.6 Å². The van der Waals surface area contributed by atoms with Crippen LogP contribution in [0.1, 0.15) is 22.0 Å². The lowest BCUT2D eigenvalue weighted by molar-refractivity contribution is -0.384. The average Bonchev–Trinajstić information content (AvgIpc) is 2.75. The summed E-state index contributed by atoms with van der Waals surface area (Å²) < 4.78 is 0.920. The van der Waals surface area contributed by atoms with Gasteiger partial charge in [-0.15, -0.1) is 0 Å². The normalized spacial score (nSPS) is 11.5. The zero-order chi connectivity index (χ0) is 21.7. The fraction of sp³-hybridized carbons (Fsp3) is 0.0952. The van der Waals surface area contributed by atoms with Gasteiger partial charge in [-0.2, -0.15) is 0 Å². The van der Waals surface area contributed by atoms with Gasteiger partial charge in [0.25, 0.3) is 17.2 Å². The Morgan fingerprint density at radius 2 is 1.80 bits per heavy atom. The number of nitrogens with zero attached hydrogens (tertiary/aromatic N) is 2. The Balaban J connectivity index is 1.99. The van der Waals surface area contributed by atoms with Crippen LogP contribution in [0.25, 0.3) is 0 Å². The van der Waals surface area contributed by atoms with E-state index in [9.17, 15) is 24.5 Å². The molecule has 0 bridgehead atoms. The summed E-state index contributed by atoms with van der Waals surface area (Å²) in [6.07, 6.45) is 1.19. The van der Waals surface area contributed by atoms with Gasteiger partial charge in [-0.3, -0.25) is 29.1 Å². The number of nitro benzene ring substituents is 1. The van der Waals surface area contributed by atoms with E-state index in [2.05, 4.69) is 5.32 Å². The molecule has 1 unspecified atom stereocenters. The molecule has 0 aliphatic carbocycles. The van der Waals surface area contributed by atoms with Crippen LogP contribution in [0, 0.1) is 10.1 Å². The van der Waals surface area contributed by atoms with Gasteiger partial charge >= 0.3 is 0 Å². The average molecular weight is 426 g/mol. The van der Waals surface area contributed by atoms with Gasteiger partial charge in [-0.25, -0.2) is 0 Å². The van der Waals surface area contributed by atoms with Crippen LogP contribution in [-0.4, -0.2) is 21.2 Å². The Labute approximate surface area is 175 Å². The van der Waals surface area contributed by atoms with Crippen molar-refractivity contribution in [3.8, 4) is 0 Å². The summed E-state index contributed by atoms with van der Waals surface area (Å²) in [5, 5.41) is 13.8. The smallest absolute Gasteiger partial charge is 0.270 e. The number of halogens is 1. The number of pyridine rings is 1. The number of nitrogens with one attached hydrogen (secondary N) is 1. The number of carbonyl (C=O) groups is 2. The summed E-state index contributed by atoms with van der Waals surface area (Å²) in [5.74, 6) is -1.51. The number of aromatic nitrogens is 1. The van der Waals surface area contributed by atoms with Crippen molar-refractivity contribution in [2.75, 3.05) is 0 Å². The summed E-state index contributed by atoms with van der Waals surface area (Å²) in [6.45, 7) is 0.133. The van der Waals surface area contributed by atoms with Crippen LogP contribution < -0.4 is 10.9 Å². The first-order valence-electron chi connectivity index (χ1n) is 8.85. The number of nitro groups is 1. The summed E-state index contributed by atoms with van der Waals surface area (Å²) in [6, 6.07) is 14.9. The molecule has 0 aliphatic heterocycles. The lowest BCUT2D eigenvalue weighted by atomic mass is 10.0. The number of benzene rings is 2. The molecule has 1 N–H and O–H groups in total. The second-order valence-corrected chi connectivity index (χ2v) is 6.81. The molecule has 2 aromatic carbocycles. The Morgan fingerprint density at radius 1 is 1.07 bits per heavy atom. The number of hydrogen-bond acceptors (Lipinski definition) is 5. The number of Topliss-reactive ketones (excluding diaryl/α,β-unsaturated/α-hetero) is 1. The molecular weight excluding hydrogens is 410 g/mol. The first kappa shape index (κ1) is 20.9. The Bertz CT molecular complexity index is 1160. The quantitative estimate of drug-likeness (QED) is 0.270. The molecule has 0 spiro atoms. The minimum atomic E-state index is -1.58. The Kier molecular flexibility index (Phi) is 6.38. The predicted molar refractivity (Wildman–Crippen MR) is 110 cm³/mol. The molecular formula is C21H16ClN3O5. The lowest BCUT2D eigenvalue weighted by Gasteiger charge is -2.19. The maximum Gasteiger partial charge on any atom is 0.270 e. The van der Waals surface area contributed by atoms with E-state index >= 15 is 0 Å². The summed E-state index contributed by atoms with van der Waals surface area (Å²) >= 11 is 5.96. The highest BCUT2D eigenvalue weighted by Gasteiger charge is 2.31. The van der Waals surface area contributed by atoms with Crippen molar-refractivity contribution in [3.05, 3.63) is 110 Å². The molecule has 9 heteroatoms. The molecule has 1 amide bonds. The number of carbonyl (C=O) groups excluding carboxylic acids is 2. The predicted octanol–water partition coefficient (Wildman–Crippen LogP) is 3.15. The third-order valence-electron chi connectivity index (χ3n) is 4.33. The van der Waals surface area contributed by atoms with Crippen LogP contribution in [0.4, 0.5) is 5.69 Å². The second kappa shape index (κ2) is 9.15. The van der Waals surface area contributed by atoms with Gasteiger partial charge in [-0.1, -0.05) is 54.1 Å². The minimum Gasteiger partial charge on any atom is -0.350 e. The SMILES string of the molecule is O=C(NCc1ccccc1)C(C(=O)c1cccc([N+](=O)[O-])c1)n1cc(Cl)ccc1=O. The van der Waals surface area contributed by atoms with Gasteiger partial charge in [0.1, 0.15) is 0 Å². The van der Waals surface area contributed by atoms with Crippen LogP contribution in [0.15, 0.2) is 77.7 Å². The van der Waals surface area contributed by atoms with Crippen LogP contribution in [-0.2, 0) is 11.3 Å². The minimum absolute atomic E-state index is 0.0732. The highest BCUT2D eigenvalue weighted by Crippen LogP contribution is 2.20. The largest absolute Gasteiger partial charge is 0.350 e. The van der Waals surface area contributed by atoms with Crippen molar-refractivity contribution in [1.29, 1.82) is 0 Å². The van der Waals surface area contributed by atoms with Gasteiger partial charge in [-0.05, 0) is 11.6 Å². The van der Waals surface area contributed by atoms with E-state index in [1.807, 2.05) is 6.07 Å². The first-order chi connectivity index (χ1) is 14.4. The molecule has 0 saturated heterocycles. The maximum absolute atomic E-state index is 13.2. The van der Waals surface area contributed by atoms with E-state index in [1.54, 1.807) is 24.3 Å². The third kappa shape index (κ3) is 4.79. The van der Waals surface area contributed by atoms with Gasteiger partial charge in [0, 0.05) is 36.5 Å². The molecule has 3 rings (SSSR count). The van der Waals surface area contributed by atoms with Crippen LogP contribution >= 0.6 is 11.6 Å². The maximum atomic E-state index is 13.2. The molecule has 0 saturated carbocycles. The number of hydrogen-bond donors (Lipinski definition) is 1. The van der Waals surface area contributed by atoms with Crippen molar-refractivity contribution in [2.24, 2.45) is 0 Å². The monoisotopic (exact) mass is 425 g/mol. The molecule has 0 radical (unpaired) electrons. The highest BCUT2D eigenvalue weighted by molar-refractivity contribution is 6.30. The molecule has 0 fully saturated rings. The number of amides is 1. The van der Waals surface area contributed by atoms with E-state index in [1.165, 1.54) is 30.5 Å². The van der Waals surface area contributed by atoms with E-state index < -0.39 is 28.2 Å². The van der Waals surface area contributed by atoms with Crippen LogP contribution in [0.5, 0.6) is 0 Å². The highest BCUT2D eigenvalue weighted by atomic mass is 35.5. The standard InChI is InChI=1S/C21H16ClN3O5/c22-16-9-10-18(26)24(13-16)19(21(28)23-12-14-5-2-1-3-6-14)20(27)15-7-4-8-17(11-15)25(29)30/h1-11,13,19H,12H2,(H,23,28). The molecule has 152 valence electrons. The summed E-state index contributed by atoms with van der Waals surface area (Å²) in [7, 11) is 0. The fourth-order valence-corrected chi connectivity index (χ4v) is 3.03. The molecule has 3 aromatic rings. The van der Waals surface area contributed by atoms with E-state index in [0.29, 0.717) is 0 Å². The van der Waals surface area contributed by atoms with E-state index in [4.69, 9.17) is 11.6 Å². The van der Waals surface area contributed by atoms with Crippen molar-refractivity contribution < 1.29 is 14.5 Å². The van der Waals surface area contributed by atoms with Crippen molar-refractivity contribution in [3.63, 3.8) is 0 Å². The van der Waals surface area contributed by atoms with E-state index in [0.717, 1.165) is 22.3 Å². The summed E-state index contributed by atoms with van der Waals surface area (Å²) in [5.41, 5.74) is -0.192. The number of non-ortho nitro benzene ring substituents is 1. The van der Waals surface area contributed by atoms with E-state index in [-0.39, 0.29) is 22.8 Å². The molecule has 1 atom stereocenters. The molecule has 0 aliphatic rings. The molecule has 1 heterocycles. The Hall–Kier alpha value is -3.78. The van der Waals surface area contributed by atoms with Crippen LogP contribution in [0.2, 0.25) is 5.02 Å². The van der Waals surface area contributed by atoms with Crippen molar-refractivity contribution >= 4 is 29.0 Å². The number of rotatable bonds is 7. The van der Waals surface area contributed by atoms with Crippen LogP contribution in [0.3, 0.4) is 0 Å². The van der Waals surface area contributed by atoms with Crippen molar-refractivity contribution in [1.82, 2.24) is 9.88 Å². The zero-order valence-electron chi connectivity index (χ0n) is 15.5. The lowest BCUT2D eigenvalue weighted by Crippen LogP contribution is -2.41. The summed E-state index contributed by atoms with van der Waals surface area (Å²) in [4.78, 5) is 48.9. The molecule has 30 heavy (non-hydrogen) atoms. The second-order valence-electron chi connectivity index (χ2n) is 6.37. The Morgan fingerprint density at radius 3 is 2.50 bits per heavy atom. The molecule has 1 aromatic heterocycles. The number of ketones is 1. The van der Waals surface area contributed by atoms with Gasteiger partial charge < -0.3 is 5.32 Å². The van der Waals surface area contributed by atoms with Gasteiger partial charge in [0.15, 0.2) is 11.8 Å². The molecule has 8 nitrogen and oxygen atoms in total. The zero-order valence-corrected chi connectivity index (χ0v) is 16.3. The fourth-order valence-electron chi connectivity index (χ4n) is 2.86. The van der Waals surface area contributed by atoms with Gasteiger partial charge in [0.05, 0.1) is 9.95 Å².